The highest BCUT2D eigenvalue weighted by Crippen LogP contribution is 2.36. The molecule has 0 bridgehead atoms. The number of methoxy groups -OCH3 is 1. The smallest absolute Gasteiger partial charge is 0.191 e. The van der Waals surface area contributed by atoms with Crippen molar-refractivity contribution < 1.29 is 9.15 Å². The van der Waals surface area contributed by atoms with Crippen molar-refractivity contribution in [3.8, 4) is 5.75 Å². The van der Waals surface area contributed by atoms with Crippen LogP contribution in [0.3, 0.4) is 0 Å². The Hall–Kier alpha value is -1.35. The van der Waals surface area contributed by atoms with Crippen molar-refractivity contribution in [1.82, 2.24) is 10.6 Å². The largest absolute Gasteiger partial charge is 0.497 e. The van der Waals surface area contributed by atoms with Crippen LogP contribution in [0.25, 0.3) is 0 Å². The third-order valence-electron chi connectivity index (χ3n) is 4.75. The molecule has 3 rings (SSSR count). The number of guanidine groups is 1. The zero-order chi connectivity index (χ0) is 19.0. The highest BCUT2D eigenvalue weighted by Gasteiger charge is 2.29. The van der Waals surface area contributed by atoms with E-state index in [1.165, 1.54) is 18.6 Å². The Kier molecular flexibility index (Phi) is 9.50. The summed E-state index contributed by atoms with van der Waals surface area (Å²) in [5.41, 5.74) is 1.16. The molecule has 7 heteroatoms. The second kappa shape index (κ2) is 11.6. The summed E-state index contributed by atoms with van der Waals surface area (Å²) < 4.78 is 10.9. The van der Waals surface area contributed by atoms with Crippen molar-refractivity contribution in [2.24, 2.45) is 4.99 Å². The lowest BCUT2D eigenvalue weighted by atomic mass is 10.1. The van der Waals surface area contributed by atoms with E-state index in [1.807, 2.05) is 24.3 Å². The lowest BCUT2D eigenvalue weighted by Crippen LogP contribution is -2.44. The highest BCUT2D eigenvalue weighted by molar-refractivity contribution is 14.0. The zero-order valence-corrected chi connectivity index (χ0v) is 19.7. The van der Waals surface area contributed by atoms with Crippen molar-refractivity contribution in [1.29, 1.82) is 0 Å². The van der Waals surface area contributed by atoms with Crippen LogP contribution in [0.15, 0.2) is 52.1 Å². The molecule has 1 aromatic carbocycles. The van der Waals surface area contributed by atoms with Gasteiger partial charge in [0.25, 0.3) is 0 Å². The summed E-state index contributed by atoms with van der Waals surface area (Å²) in [6.45, 7) is 4.67. The van der Waals surface area contributed by atoms with Gasteiger partial charge in [-0.2, -0.15) is 11.8 Å². The summed E-state index contributed by atoms with van der Waals surface area (Å²) in [7, 11) is 1.68. The lowest BCUT2D eigenvalue weighted by Gasteiger charge is -2.24. The number of aliphatic imine (C=N–C) groups is 1. The molecule has 2 aromatic rings. The standard InChI is InChI=1S/C21H29N3O2S.HI/c1-21(11-4-14-27-21)16-24-20(22-12-10-19-5-3-13-26-19)23-15-17-6-8-18(25-2)9-7-17;/h3,5-9,13H,4,10-12,14-16H2,1-2H3,(H2,22,23,24);1H. The average Bonchev–Trinajstić information content (AvgIpc) is 3.36. The third-order valence-corrected chi connectivity index (χ3v) is 6.29. The maximum absolute atomic E-state index is 5.41. The first-order chi connectivity index (χ1) is 13.2. The van der Waals surface area contributed by atoms with Crippen LogP contribution in [0.2, 0.25) is 0 Å². The SMILES string of the molecule is COc1ccc(CN=C(NCCc2ccco2)NCC2(C)CCCS2)cc1.I. The number of ether oxygens (including phenoxy) is 1. The third kappa shape index (κ3) is 7.24. The summed E-state index contributed by atoms with van der Waals surface area (Å²) in [4.78, 5) is 4.77. The van der Waals surface area contributed by atoms with Gasteiger partial charge < -0.3 is 19.8 Å². The molecule has 28 heavy (non-hydrogen) atoms. The second-order valence-electron chi connectivity index (χ2n) is 7.02. The highest BCUT2D eigenvalue weighted by atomic mass is 127. The van der Waals surface area contributed by atoms with Crippen molar-refractivity contribution in [3.05, 3.63) is 54.0 Å². The molecule has 1 atom stereocenters. The van der Waals surface area contributed by atoms with E-state index in [1.54, 1.807) is 13.4 Å². The fourth-order valence-electron chi connectivity index (χ4n) is 3.08. The number of hydrogen-bond acceptors (Lipinski definition) is 4. The van der Waals surface area contributed by atoms with Gasteiger partial charge in [-0.05, 0) is 55.3 Å². The first-order valence-electron chi connectivity index (χ1n) is 9.48. The molecule has 1 aromatic heterocycles. The predicted octanol–water partition coefficient (Wildman–Crippen LogP) is 4.47. The maximum Gasteiger partial charge on any atom is 0.191 e. The minimum atomic E-state index is 0. The van der Waals surface area contributed by atoms with Gasteiger partial charge in [-0.3, -0.25) is 0 Å². The Labute approximate surface area is 189 Å². The summed E-state index contributed by atoms with van der Waals surface area (Å²) in [6, 6.07) is 12.0. The molecule has 1 saturated heterocycles. The summed E-state index contributed by atoms with van der Waals surface area (Å²) in [5, 5.41) is 6.97. The number of furan rings is 1. The van der Waals surface area contributed by atoms with Crippen LogP contribution in [-0.4, -0.2) is 36.7 Å². The summed E-state index contributed by atoms with van der Waals surface area (Å²) >= 11 is 2.05. The number of nitrogens with one attached hydrogen (secondary N) is 2. The van der Waals surface area contributed by atoms with Gasteiger partial charge in [-0.1, -0.05) is 12.1 Å². The van der Waals surface area contributed by atoms with E-state index in [0.29, 0.717) is 11.3 Å². The first-order valence-corrected chi connectivity index (χ1v) is 10.5. The molecule has 2 heterocycles. The van der Waals surface area contributed by atoms with E-state index in [0.717, 1.165) is 42.5 Å². The monoisotopic (exact) mass is 515 g/mol. The Morgan fingerprint density at radius 2 is 2.07 bits per heavy atom. The molecule has 0 spiro atoms. The average molecular weight is 515 g/mol. The van der Waals surface area contributed by atoms with Crippen LogP contribution in [0.1, 0.15) is 31.1 Å². The molecular weight excluding hydrogens is 485 g/mol. The normalized spacial score (nSPS) is 19.1. The number of benzene rings is 1. The Bertz CT molecular complexity index is 714. The molecule has 1 aliphatic heterocycles. The van der Waals surface area contributed by atoms with Gasteiger partial charge in [-0.25, -0.2) is 4.99 Å². The number of hydrogen-bond donors (Lipinski definition) is 2. The van der Waals surface area contributed by atoms with Crippen LogP contribution in [0.4, 0.5) is 0 Å². The Morgan fingerprint density at radius 1 is 1.25 bits per heavy atom. The quantitative estimate of drug-likeness (QED) is 0.309. The topological polar surface area (TPSA) is 58.8 Å². The Balaban J connectivity index is 0.00000280. The van der Waals surface area contributed by atoms with E-state index >= 15 is 0 Å². The van der Waals surface area contributed by atoms with E-state index < -0.39 is 0 Å². The molecule has 0 radical (unpaired) electrons. The molecule has 1 unspecified atom stereocenters. The van der Waals surface area contributed by atoms with Gasteiger partial charge in [-0.15, -0.1) is 24.0 Å². The predicted molar refractivity (Wildman–Crippen MR) is 128 cm³/mol. The van der Waals surface area contributed by atoms with E-state index in [9.17, 15) is 0 Å². The van der Waals surface area contributed by atoms with Crippen molar-refractivity contribution >= 4 is 41.7 Å². The first kappa shape index (κ1) is 22.9. The molecule has 5 nitrogen and oxygen atoms in total. The number of thioether (sulfide) groups is 1. The maximum atomic E-state index is 5.41. The van der Waals surface area contributed by atoms with Gasteiger partial charge >= 0.3 is 0 Å². The van der Waals surface area contributed by atoms with Gasteiger partial charge in [0.15, 0.2) is 5.96 Å². The van der Waals surface area contributed by atoms with E-state index in [-0.39, 0.29) is 24.0 Å². The van der Waals surface area contributed by atoms with Crippen molar-refractivity contribution in [3.63, 3.8) is 0 Å². The second-order valence-corrected chi connectivity index (χ2v) is 8.71. The number of rotatable bonds is 8. The van der Waals surface area contributed by atoms with Gasteiger partial charge in [0.1, 0.15) is 11.5 Å². The van der Waals surface area contributed by atoms with Crippen LogP contribution in [-0.2, 0) is 13.0 Å². The van der Waals surface area contributed by atoms with Crippen LogP contribution in [0, 0.1) is 0 Å². The fraction of sp³-hybridized carbons (Fsp3) is 0.476. The summed E-state index contributed by atoms with van der Waals surface area (Å²) in [5.74, 6) is 3.95. The lowest BCUT2D eigenvalue weighted by molar-refractivity contribution is 0.414. The molecule has 154 valence electrons. The Morgan fingerprint density at radius 3 is 2.71 bits per heavy atom. The zero-order valence-electron chi connectivity index (χ0n) is 16.6. The van der Waals surface area contributed by atoms with Gasteiger partial charge in [0, 0.05) is 24.3 Å². The molecule has 0 saturated carbocycles. The van der Waals surface area contributed by atoms with Crippen LogP contribution in [0.5, 0.6) is 5.75 Å². The molecule has 1 aliphatic rings. The minimum Gasteiger partial charge on any atom is -0.497 e. The van der Waals surface area contributed by atoms with Gasteiger partial charge in [0.2, 0.25) is 0 Å². The fourth-order valence-corrected chi connectivity index (χ4v) is 4.33. The van der Waals surface area contributed by atoms with Crippen molar-refractivity contribution in [2.75, 3.05) is 26.0 Å². The van der Waals surface area contributed by atoms with Crippen LogP contribution >= 0.6 is 35.7 Å². The summed E-state index contributed by atoms with van der Waals surface area (Å²) in [6.07, 6.45) is 5.10. The minimum absolute atomic E-state index is 0. The van der Waals surface area contributed by atoms with E-state index in [4.69, 9.17) is 14.1 Å². The molecular formula is C21H30IN3O2S. The van der Waals surface area contributed by atoms with E-state index in [2.05, 4.69) is 41.5 Å². The molecule has 0 aliphatic carbocycles. The molecule has 1 fully saturated rings. The number of halogens is 1. The van der Waals surface area contributed by atoms with Crippen LogP contribution < -0.4 is 15.4 Å². The van der Waals surface area contributed by atoms with Gasteiger partial charge in [0.05, 0.1) is 19.9 Å². The van der Waals surface area contributed by atoms with Crippen molar-refractivity contribution in [2.45, 2.75) is 37.5 Å². The molecule has 2 N–H and O–H groups in total. The molecule has 0 amide bonds. The number of nitrogens with zero attached hydrogens (tertiary/aromatic N) is 1.